The van der Waals surface area contributed by atoms with E-state index in [1.165, 1.54) is 21.1 Å². The number of amides is 2. The zero-order valence-corrected chi connectivity index (χ0v) is 13.0. The predicted molar refractivity (Wildman–Crippen MR) is 84.4 cm³/mol. The highest BCUT2D eigenvalue weighted by Crippen LogP contribution is 2.33. The van der Waals surface area contributed by atoms with Crippen molar-refractivity contribution in [2.24, 2.45) is 0 Å². The minimum absolute atomic E-state index is 0.0420. The molecule has 0 saturated carbocycles. The first-order valence-electron chi connectivity index (χ1n) is 6.81. The van der Waals surface area contributed by atoms with E-state index in [1.54, 1.807) is 37.7 Å². The number of rotatable bonds is 3. The fraction of sp³-hybridized carbons (Fsp3) is 0.267. The fourth-order valence-electron chi connectivity index (χ4n) is 2.25. The van der Waals surface area contributed by atoms with Gasteiger partial charge in [0.1, 0.15) is 12.3 Å². The number of likely N-dealkylation sites (N-methyl/N-ethyl adjacent to an activating group) is 1. The maximum absolute atomic E-state index is 12.4. The van der Waals surface area contributed by atoms with Gasteiger partial charge in [-0.1, -0.05) is 12.1 Å². The number of fused-ring (bicyclic) bond motifs is 1. The van der Waals surface area contributed by atoms with Crippen LogP contribution in [0.4, 0.5) is 10.8 Å². The van der Waals surface area contributed by atoms with E-state index in [4.69, 9.17) is 4.74 Å². The molecule has 1 aliphatic heterocycles. The Bertz CT molecular complexity index is 702. The van der Waals surface area contributed by atoms with Gasteiger partial charge in [-0.2, -0.15) is 0 Å². The molecular weight excluding hydrogens is 302 g/mol. The van der Waals surface area contributed by atoms with Crippen molar-refractivity contribution in [3.05, 3.63) is 35.8 Å². The van der Waals surface area contributed by atoms with Crippen molar-refractivity contribution in [2.75, 3.05) is 23.4 Å². The quantitative estimate of drug-likeness (QED) is 0.867. The topological polar surface area (TPSA) is 62.7 Å². The maximum atomic E-state index is 12.4. The second-order valence-corrected chi connectivity index (χ2v) is 5.79. The smallest absolute Gasteiger partial charge is 0.268 e. The first kappa shape index (κ1) is 14.5. The van der Waals surface area contributed by atoms with Gasteiger partial charge in [-0.15, -0.1) is 11.3 Å². The summed E-state index contributed by atoms with van der Waals surface area (Å²) >= 11 is 1.37. The molecule has 1 atom stereocenters. The summed E-state index contributed by atoms with van der Waals surface area (Å²) in [4.78, 5) is 31.8. The van der Waals surface area contributed by atoms with Crippen molar-refractivity contribution < 1.29 is 14.3 Å². The van der Waals surface area contributed by atoms with Gasteiger partial charge in [0, 0.05) is 18.6 Å². The fourth-order valence-corrected chi connectivity index (χ4v) is 2.88. The minimum atomic E-state index is -0.604. The molecule has 2 amide bonds. The Hall–Kier alpha value is -2.41. The lowest BCUT2D eigenvalue weighted by molar-refractivity contribution is -0.127. The summed E-state index contributed by atoms with van der Waals surface area (Å²) in [6.45, 7) is 1.64. The van der Waals surface area contributed by atoms with Gasteiger partial charge in [-0.05, 0) is 19.1 Å². The summed E-state index contributed by atoms with van der Waals surface area (Å²) in [6.07, 6.45) is 1.04. The largest absolute Gasteiger partial charge is 0.479 e. The molecule has 0 saturated heterocycles. The van der Waals surface area contributed by atoms with Crippen LogP contribution in [0, 0.1) is 0 Å². The van der Waals surface area contributed by atoms with Gasteiger partial charge in [-0.25, -0.2) is 4.98 Å². The summed E-state index contributed by atoms with van der Waals surface area (Å²) in [7, 11) is 1.65. The molecule has 6 nitrogen and oxygen atoms in total. The molecule has 2 aromatic rings. The molecule has 0 fully saturated rings. The second kappa shape index (κ2) is 5.76. The Morgan fingerprint density at radius 2 is 2.23 bits per heavy atom. The predicted octanol–water partition coefficient (Wildman–Crippen LogP) is 1.92. The van der Waals surface area contributed by atoms with Crippen molar-refractivity contribution in [1.29, 1.82) is 0 Å². The van der Waals surface area contributed by atoms with Crippen LogP contribution in [0.3, 0.4) is 0 Å². The van der Waals surface area contributed by atoms with Gasteiger partial charge in [0.25, 0.3) is 5.91 Å². The van der Waals surface area contributed by atoms with Crippen LogP contribution in [0.1, 0.15) is 6.92 Å². The van der Waals surface area contributed by atoms with Gasteiger partial charge >= 0.3 is 0 Å². The van der Waals surface area contributed by atoms with E-state index < -0.39 is 6.10 Å². The summed E-state index contributed by atoms with van der Waals surface area (Å²) in [6, 6.07) is 7.21. The average molecular weight is 317 g/mol. The van der Waals surface area contributed by atoms with Crippen LogP contribution >= 0.6 is 11.3 Å². The van der Waals surface area contributed by atoms with E-state index in [2.05, 4.69) is 4.98 Å². The normalized spacial score (nSPS) is 16.9. The maximum Gasteiger partial charge on any atom is 0.268 e. The molecule has 1 aromatic heterocycles. The Morgan fingerprint density at radius 3 is 2.95 bits per heavy atom. The van der Waals surface area contributed by atoms with Crippen molar-refractivity contribution >= 4 is 34.0 Å². The number of benzene rings is 1. The monoisotopic (exact) mass is 317 g/mol. The highest BCUT2D eigenvalue weighted by Gasteiger charge is 2.33. The number of thiazole rings is 1. The number of ether oxygens (including phenoxy) is 1. The number of carbonyl (C=O) groups is 2. The van der Waals surface area contributed by atoms with Gasteiger partial charge in [0.2, 0.25) is 5.91 Å². The van der Waals surface area contributed by atoms with E-state index in [9.17, 15) is 9.59 Å². The standard InChI is InChI=1S/C15H15N3O3S/c1-10-14(20)18(11-5-3-4-6-12(11)21-10)9-13(19)17(2)15-16-7-8-22-15/h3-8,10H,9H2,1-2H3/t10-/m1/s1. The van der Waals surface area contributed by atoms with Crippen LogP contribution in [0.15, 0.2) is 35.8 Å². The van der Waals surface area contributed by atoms with Crippen molar-refractivity contribution in [3.63, 3.8) is 0 Å². The van der Waals surface area contributed by atoms with Crippen molar-refractivity contribution in [1.82, 2.24) is 4.98 Å². The molecular formula is C15H15N3O3S. The molecule has 0 spiro atoms. The zero-order chi connectivity index (χ0) is 15.7. The molecule has 0 radical (unpaired) electrons. The van der Waals surface area contributed by atoms with E-state index in [1.807, 2.05) is 12.1 Å². The molecule has 7 heteroatoms. The minimum Gasteiger partial charge on any atom is -0.479 e. The van der Waals surface area contributed by atoms with Crippen LogP contribution in [-0.4, -0.2) is 36.5 Å². The summed E-state index contributed by atoms with van der Waals surface area (Å²) < 4.78 is 5.56. The van der Waals surface area contributed by atoms with Crippen LogP contribution in [-0.2, 0) is 9.59 Å². The lowest BCUT2D eigenvalue weighted by atomic mass is 10.2. The molecule has 1 aliphatic rings. The van der Waals surface area contributed by atoms with Gasteiger partial charge in [0.15, 0.2) is 11.2 Å². The summed E-state index contributed by atoms with van der Waals surface area (Å²) in [5, 5.41) is 2.41. The molecule has 0 N–H and O–H groups in total. The Morgan fingerprint density at radius 1 is 1.45 bits per heavy atom. The van der Waals surface area contributed by atoms with Gasteiger partial charge in [0.05, 0.1) is 5.69 Å². The Kier molecular flexibility index (Phi) is 3.81. The molecule has 114 valence electrons. The van der Waals surface area contributed by atoms with Gasteiger partial charge in [-0.3, -0.25) is 19.4 Å². The average Bonchev–Trinajstić information content (AvgIpc) is 3.05. The molecule has 2 heterocycles. The number of hydrogen-bond donors (Lipinski definition) is 0. The second-order valence-electron chi connectivity index (χ2n) is 4.92. The Labute approximate surface area is 131 Å². The van der Waals surface area contributed by atoms with E-state index in [0.29, 0.717) is 16.6 Å². The SMILES string of the molecule is C[C@H]1Oc2ccccc2N(CC(=O)N(C)c2nccs2)C1=O. The highest BCUT2D eigenvalue weighted by atomic mass is 32.1. The van der Waals surface area contributed by atoms with E-state index in [-0.39, 0.29) is 18.4 Å². The molecule has 22 heavy (non-hydrogen) atoms. The molecule has 0 aliphatic carbocycles. The number of anilines is 2. The van der Waals surface area contributed by atoms with Crippen molar-refractivity contribution in [3.8, 4) is 5.75 Å². The van der Waals surface area contributed by atoms with Crippen LogP contribution < -0.4 is 14.5 Å². The first-order valence-corrected chi connectivity index (χ1v) is 7.69. The summed E-state index contributed by atoms with van der Waals surface area (Å²) in [5.41, 5.74) is 0.617. The first-order chi connectivity index (χ1) is 10.6. The summed E-state index contributed by atoms with van der Waals surface area (Å²) in [5.74, 6) is 0.186. The number of carbonyl (C=O) groups excluding carboxylic acids is 2. The molecule has 0 unspecified atom stereocenters. The Balaban J connectivity index is 1.84. The van der Waals surface area contributed by atoms with E-state index >= 15 is 0 Å². The van der Waals surface area contributed by atoms with E-state index in [0.717, 1.165) is 0 Å². The lowest BCUT2D eigenvalue weighted by Crippen LogP contribution is -2.49. The van der Waals surface area contributed by atoms with Gasteiger partial charge < -0.3 is 4.74 Å². The lowest BCUT2D eigenvalue weighted by Gasteiger charge is -2.33. The molecule has 1 aromatic carbocycles. The highest BCUT2D eigenvalue weighted by molar-refractivity contribution is 7.13. The van der Waals surface area contributed by atoms with Crippen molar-refractivity contribution in [2.45, 2.75) is 13.0 Å². The number of hydrogen-bond acceptors (Lipinski definition) is 5. The molecule has 3 rings (SSSR count). The third-order valence-electron chi connectivity index (χ3n) is 3.45. The molecule has 0 bridgehead atoms. The van der Waals surface area contributed by atoms with Crippen LogP contribution in [0.2, 0.25) is 0 Å². The number of nitrogens with zero attached hydrogens (tertiary/aromatic N) is 3. The number of aromatic nitrogens is 1. The van der Waals surface area contributed by atoms with Crippen LogP contribution in [0.5, 0.6) is 5.75 Å². The zero-order valence-electron chi connectivity index (χ0n) is 12.2. The number of para-hydroxylation sites is 2. The third kappa shape index (κ3) is 2.55. The van der Waals surface area contributed by atoms with Crippen LogP contribution in [0.25, 0.3) is 0 Å². The third-order valence-corrected chi connectivity index (χ3v) is 4.30.